The molecule has 0 aliphatic heterocycles. The van der Waals surface area contributed by atoms with Crippen LogP contribution in [0, 0.1) is 18.8 Å². The number of aromatic nitrogens is 2. The average molecular weight is 235 g/mol. The van der Waals surface area contributed by atoms with Crippen molar-refractivity contribution in [2.75, 3.05) is 7.05 Å². The van der Waals surface area contributed by atoms with Crippen molar-refractivity contribution >= 4 is 0 Å². The van der Waals surface area contributed by atoms with E-state index in [1.54, 1.807) is 0 Å². The molecule has 1 aliphatic rings. The highest BCUT2D eigenvalue weighted by Crippen LogP contribution is 2.37. The summed E-state index contributed by atoms with van der Waals surface area (Å²) in [6.07, 6.45) is 7.49. The zero-order chi connectivity index (χ0) is 12.4. The van der Waals surface area contributed by atoms with Gasteiger partial charge in [0.15, 0.2) is 0 Å². The minimum absolute atomic E-state index is 0.483. The maximum absolute atomic E-state index is 4.37. The van der Waals surface area contributed by atoms with E-state index in [-0.39, 0.29) is 0 Å². The Hall–Kier alpha value is -0.830. The molecule has 0 bridgehead atoms. The molecular formula is C14H25N3. The molecule has 0 radical (unpaired) electrons. The van der Waals surface area contributed by atoms with E-state index in [0.717, 1.165) is 11.8 Å². The summed E-state index contributed by atoms with van der Waals surface area (Å²) >= 11 is 0. The Bertz CT molecular complexity index is 362. The molecule has 1 heterocycles. The van der Waals surface area contributed by atoms with Gasteiger partial charge in [0.05, 0.1) is 6.20 Å². The first kappa shape index (κ1) is 12.6. The van der Waals surface area contributed by atoms with E-state index in [0.29, 0.717) is 6.04 Å². The van der Waals surface area contributed by atoms with Crippen molar-refractivity contribution in [2.45, 2.75) is 45.6 Å². The van der Waals surface area contributed by atoms with Gasteiger partial charge in [-0.05, 0) is 38.6 Å². The molecular weight excluding hydrogens is 210 g/mol. The molecule has 0 amide bonds. The van der Waals surface area contributed by atoms with E-state index in [2.05, 4.69) is 31.3 Å². The quantitative estimate of drug-likeness (QED) is 0.873. The van der Waals surface area contributed by atoms with Gasteiger partial charge in [-0.15, -0.1) is 0 Å². The molecule has 1 N–H and O–H groups in total. The SMILES string of the molecule is CNC(c1cnn(C)c1C)C1CCC(C)CC1. The number of hydrogen-bond donors (Lipinski definition) is 1. The Morgan fingerprint density at radius 3 is 2.47 bits per heavy atom. The lowest BCUT2D eigenvalue weighted by Crippen LogP contribution is -2.28. The Morgan fingerprint density at radius 1 is 1.35 bits per heavy atom. The molecule has 3 heteroatoms. The summed E-state index contributed by atoms with van der Waals surface area (Å²) in [5.74, 6) is 1.69. The van der Waals surface area contributed by atoms with Crippen molar-refractivity contribution in [1.29, 1.82) is 0 Å². The summed E-state index contributed by atoms with van der Waals surface area (Å²) in [6.45, 7) is 4.54. The van der Waals surface area contributed by atoms with Crippen LogP contribution in [0.25, 0.3) is 0 Å². The Morgan fingerprint density at radius 2 is 2.00 bits per heavy atom. The van der Waals surface area contributed by atoms with E-state index >= 15 is 0 Å². The lowest BCUT2D eigenvalue weighted by Gasteiger charge is -2.32. The Kier molecular flexibility index (Phi) is 3.87. The van der Waals surface area contributed by atoms with Gasteiger partial charge in [-0.1, -0.05) is 19.8 Å². The second-order valence-corrected chi connectivity index (χ2v) is 5.60. The predicted molar refractivity (Wildman–Crippen MR) is 70.9 cm³/mol. The van der Waals surface area contributed by atoms with E-state index in [1.165, 1.54) is 36.9 Å². The van der Waals surface area contributed by atoms with Crippen LogP contribution in [0.1, 0.15) is 49.9 Å². The first-order valence-corrected chi connectivity index (χ1v) is 6.79. The molecule has 0 spiro atoms. The predicted octanol–water partition coefficient (Wildman–Crippen LogP) is 2.82. The Balaban J connectivity index is 2.13. The third kappa shape index (κ3) is 2.54. The summed E-state index contributed by atoms with van der Waals surface area (Å²) < 4.78 is 1.98. The maximum atomic E-state index is 4.37. The van der Waals surface area contributed by atoms with Crippen LogP contribution < -0.4 is 5.32 Å². The normalized spacial score (nSPS) is 27.1. The third-order valence-corrected chi connectivity index (χ3v) is 4.45. The fraction of sp³-hybridized carbons (Fsp3) is 0.786. The molecule has 1 saturated carbocycles. The molecule has 1 unspecified atom stereocenters. The van der Waals surface area contributed by atoms with Gasteiger partial charge in [0, 0.05) is 24.3 Å². The average Bonchev–Trinajstić information content (AvgIpc) is 2.65. The molecule has 1 aromatic rings. The van der Waals surface area contributed by atoms with Crippen LogP contribution in [0.4, 0.5) is 0 Å². The van der Waals surface area contributed by atoms with Gasteiger partial charge in [0.1, 0.15) is 0 Å². The molecule has 96 valence electrons. The number of rotatable bonds is 3. The van der Waals surface area contributed by atoms with E-state index in [4.69, 9.17) is 0 Å². The second-order valence-electron chi connectivity index (χ2n) is 5.60. The van der Waals surface area contributed by atoms with Crippen molar-refractivity contribution in [1.82, 2.24) is 15.1 Å². The second kappa shape index (κ2) is 5.21. The lowest BCUT2D eigenvalue weighted by atomic mass is 9.77. The van der Waals surface area contributed by atoms with Crippen LogP contribution in [-0.4, -0.2) is 16.8 Å². The highest BCUT2D eigenvalue weighted by Gasteiger charge is 2.28. The van der Waals surface area contributed by atoms with Crippen molar-refractivity contribution in [2.24, 2.45) is 18.9 Å². The number of hydrogen-bond acceptors (Lipinski definition) is 2. The molecule has 1 aromatic heterocycles. The maximum Gasteiger partial charge on any atom is 0.0540 e. The fourth-order valence-electron chi connectivity index (χ4n) is 3.09. The lowest BCUT2D eigenvalue weighted by molar-refractivity contribution is 0.237. The molecule has 1 aliphatic carbocycles. The molecule has 2 rings (SSSR count). The van der Waals surface area contributed by atoms with Crippen LogP contribution in [0.2, 0.25) is 0 Å². The van der Waals surface area contributed by atoms with Crippen molar-refractivity contribution in [3.8, 4) is 0 Å². The summed E-state index contributed by atoms with van der Waals surface area (Å²) in [5.41, 5.74) is 2.68. The van der Waals surface area contributed by atoms with Gasteiger partial charge < -0.3 is 5.32 Å². The zero-order valence-corrected chi connectivity index (χ0v) is 11.5. The van der Waals surface area contributed by atoms with Gasteiger partial charge in [0.2, 0.25) is 0 Å². The van der Waals surface area contributed by atoms with Crippen LogP contribution in [0.3, 0.4) is 0 Å². The van der Waals surface area contributed by atoms with Crippen LogP contribution in [-0.2, 0) is 7.05 Å². The largest absolute Gasteiger partial charge is 0.313 e. The standard InChI is InChI=1S/C14H25N3/c1-10-5-7-12(8-6-10)14(15-3)13-9-16-17(4)11(13)2/h9-10,12,14-15H,5-8H2,1-4H3. The fourth-order valence-corrected chi connectivity index (χ4v) is 3.09. The molecule has 17 heavy (non-hydrogen) atoms. The molecule has 1 fully saturated rings. The topological polar surface area (TPSA) is 29.9 Å². The summed E-state index contributed by atoms with van der Waals surface area (Å²) in [6, 6.07) is 0.483. The number of nitrogens with one attached hydrogen (secondary N) is 1. The molecule has 0 saturated heterocycles. The Labute approximate surface area is 105 Å². The highest BCUT2D eigenvalue weighted by molar-refractivity contribution is 5.21. The molecule has 3 nitrogen and oxygen atoms in total. The number of nitrogens with zero attached hydrogens (tertiary/aromatic N) is 2. The molecule has 0 aromatic carbocycles. The first-order valence-electron chi connectivity index (χ1n) is 6.79. The van der Waals surface area contributed by atoms with Gasteiger partial charge in [-0.25, -0.2) is 0 Å². The van der Waals surface area contributed by atoms with Gasteiger partial charge in [-0.2, -0.15) is 5.10 Å². The highest BCUT2D eigenvalue weighted by atomic mass is 15.3. The zero-order valence-electron chi connectivity index (χ0n) is 11.5. The van der Waals surface area contributed by atoms with Crippen LogP contribution in [0.15, 0.2) is 6.20 Å². The third-order valence-electron chi connectivity index (χ3n) is 4.45. The van der Waals surface area contributed by atoms with E-state index in [9.17, 15) is 0 Å². The van der Waals surface area contributed by atoms with Crippen molar-refractivity contribution in [3.05, 3.63) is 17.5 Å². The summed E-state index contributed by atoms with van der Waals surface area (Å²) in [4.78, 5) is 0. The molecule has 1 atom stereocenters. The monoisotopic (exact) mass is 235 g/mol. The summed E-state index contributed by atoms with van der Waals surface area (Å²) in [7, 11) is 4.10. The van der Waals surface area contributed by atoms with Crippen LogP contribution >= 0.6 is 0 Å². The van der Waals surface area contributed by atoms with Gasteiger partial charge in [0.25, 0.3) is 0 Å². The summed E-state index contributed by atoms with van der Waals surface area (Å²) in [5, 5.41) is 7.88. The van der Waals surface area contributed by atoms with Crippen molar-refractivity contribution in [3.63, 3.8) is 0 Å². The van der Waals surface area contributed by atoms with Crippen molar-refractivity contribution < 1.29 is 0 Å². The minimum atomic E-state index is 0.483. The smallest absolute Gasteiger partial charge is 0.0540 e. The minimum Gasteiger partial charge on any atom is -0.313 e. The number of aryl methyl sites for hydroxylation is 1. The van der Waals surface area contributed by atoms with Gasteiger partial charge in [-0.3, -0.25) is 4.68 Å². The van der Waals surface area contributed by atoms with Crippen LogP contribution in [0.5, 0.6) is 0 Å². The van der Waals surface area contributed by atoms with Gasteiger partial charge >= 0.3 is 0 Å². The van der Waals surface area contributed by atoms with E-state index < -0.39 is 0 Å². The van der Waals surface area contributed by atoms with E-state index in [1.807, 2.05) is 17.9 Å². The first-order chi connectivity index (χ1) is 8.13.